The monoisotopic (exact) mass is 335 g/mol. The van der Waals surface area contributed by atoms with Gasteiger partial charge in [0.2, 0.25) is 10.0 Å². The number of aromatic amines is 1. The highest BCUT2D eigenvalue weighted by atomic mass is 32.2. The van der Waals surface area contributed by atoms with Crippen molar-refractivity contribution in [1.29, 1.82) is 0 Å². The van der Waals surface area contributed by atoms with Crippen molar-refractivity contribution in [3.8, 4) is 0 Å². The molecule has 1 aromatic carbocycles. The van der Waals surface area contributed by atoms with Crippen molar-refractivity contribution in [3.63, 3.8) is 0 Å². The Kier molecular flexibility index (Phi) is 5.33. The van der Waals surface area contributed by atoms with Crippen molar-refractivity contribution < 1.29 is 8.42 Å². The van der Waals surface area contributed by atoms with E-state index in [0.717, 1.165) is 11.3 Å². The molecule has 1 N–H and O–H groups in total. The minimum absolute atomic E-state index is 0.226. The Morgan fingerprint density at radius 3 is 2.30 bits per heavy atom. The van der Waals surface area contributed by atoms with Crippen LogP contribution in [0.25, 0.3) is 0 Å². The molecule has 0 bridgehead atoms. The molecular weight excluding hydrogens is 314 g/mol. The van der Waals surface area contributed by atoms with Gasteiger partial charge in [-0.15, -0.1) is 0 Å². The third-order valence-corrected chi connectivity index (χ3v) is 5.73. The lowest BCUT2D eigenvalue weighted by molar-refractivity contribution is 0.445. The Balaban J connectivity index is 2.26. The van der Waals surface area contributed by atoms with E-state index < -0.39 is 10.0 Å². The number of aryl methyl sites for hydroxylation is 1. The molecule has 0 amide bonds. The van der Waals surface area contributed by atoms with Crippen molar-refractivity contribution in [2.45, 2.75) is 32.1 Å². The summed E-state index contributed by atoms with van der Waals surface area (Å²) in [6.07, 6.45) is 0.435. The predicted molar refractivity (Wildman–Crippen MR) is 88.9 cm³/mol. The fourth-order valence-corrected chi connectivity index (χ4v) is 3.86. The molecule has 0 radical (unpaired) electrons. The quantitative estimate of drug-likeness (QED) is 0.871. The summed E-state index contributed by atoms with van der Waals surface area (Å²) in [5.41, 5.74) is 1.99. The van der Waals surface area contributed by atoms with Gasteiger partial charge in [0.05, 0.1) is 10.6 Å². The first kappa shape index (κ1) is 17.4. The van der Waals surface area contributed by atoms with Gasteiger partial charge in [-0.3, -0.25) is 4.79 Å². The standard InChI is InChI=1S/C16H21N3O3S/c1-4-19(5-2)23(21,22)15-8-6-13(7-9-15)11-14-10-12(3)17-18-16(14)20/h6-10H,4-5,11H2,1-3H3,(H,18,20). The molecule has 0 unspecified atom stereocenters. The number of hydrogen-bond acceptors (Lipinski definition) is 4. The molecule has 2 aromatic rings. The zero-order valence-electron chi connectivity index (χ0n) is 13.5. The van der Waals surface area contributed by atoms with Gasteiger partial charge in [-0.05, 0) is 30.7 Å². The minimum atomic E-state index is -3.45. The zero-order chi connectivity index (χ0) is 17.0. The van der Waals surface area contributed by atoms with E-state index in [2.05, 4.69) is 10.2 Å². The zero-order valence-corrected chi connectivity index (χ0v) is 14.4. The van der Waals surface area contributed by atoms with Crippen LogP contribution in [0.2, 0.25) is 0 Å². The summed E-state index contributed by atoms with van der Waals surface area (Å²) in [5, 5.41) is 6.29. The smallest absolute Gasteiger partial charge is 0.267 e. The molecule has 2 rings (SSSR count). The molecule has 23 heavy (non-hydrogen) atoms. The van der Waals surface area contributed by atoms with Gasteiger partial charge in [-0.25, -0.2) is 13.5 Å². The predicted octanol–water partition coefficient (Wildman–Crippen LogP) is 1.70. The lowest BCUT2D eigenvalue weighted by atomic mass is 10.1. The van der Waals surface area contributed by atoms with Crippen molar-refractivity contribution in [3.05, 3.63) is 57.5 Å². The van der Waals surface area contributed by atoms with Crippen LogP contribution in [-0.2, 0) is 16.4 Å². The van der Waals surface area contributed by atoms with E-state index in [0.29, 0.717) is 25.1 Å². The Morgan fingerprint density at radius 1 is 1.13 bits per heavy atom. The molecule has 0 spiro atoms. The van der Waals surface area contributed by atoms with Crippen LogP contribution >= 0.6 is 0 Å². The average Bonchev–Trinajstić information content (AvgIpc) is 2.52. The van der Waals surface area contributed by atoms with Gasteiger partial charge in [0.15, 0.2) is 0 Å². The minimum Gasteiger partial charge on any atom is -0.268 e. The number of benzene rings is 1. The van der Waals surface area contributed by atoms with E-state index in [4.69, 9.17) is 0 Å². The highest BCUT2D eigenvalue weighted by Gasteiger charge is 2.21. The second-order valence-electron chi connectivity index (χ2n) is 5.27. The maximum Gasteiger partial charge on any atom is 0.267 e. The van der Waals surface area contributed by atoms with Crippen molar-refractivity contribution >= 4 is 10.0 Å². The van der Waals surface area contributed by atoms with Crippen molar-refractivity contribution in [1.82, 2.24) is 14.5 Å². The van der Waals surface area contributed by atoms with Crippen LogP contribution in [0, 0.1) is 6.92 Å². The lowest BCUT2D eigenvalue weighted by Crippen LogP contribution is -2.30. The first-order chi connectivity index (χ1) is 10.9. The van der Waals surface area contributed by atoms with Crippen LogP contribution in [0.4, 0.5) is 0 Å². The summed E-state index contributed by atoms with van der Waals surface area (Å²) >= 11 is 0. The largest absolute Gasteiger partial charge is 0.268 e. The van der Waals surface area contributed by atoms with Crippen LogP contribution in [-0.4, -0.2) is 36.0 Å². The lowest BCUT2D eigenvalue weighted by Gasteiger charge is -2.18. The molecule has 0 aliphatic heterocycles. The molecule has 0 aliphatic rings. The van der Waals surface area contributed by atoms with E-state index >= 15 is 0 Å². The molecule has 1 aromatic heterocycles. The van der Waals surface area contributed by atoms with Crippen LogP contribution in [0.3, 0.4) is 0 Å². The summed E-state index contributed by atoms with van der Waals surface area (Å²) in [4.78, 5) is 12.0. The molecule has 7 heteroatoms. The number of hydrogen-bond donors (Lipinski definition) is 1. The third-order valence-electron chi connectivity index (χ3n) is 3.67. The average molecular weight is 335 g/mol. The van der Waals surface area contributed by atoms with Crippen LogP contribution < -0.4 is 5.56 Å². The number of rotatable bonds is 6. The normalized spacial score (nSPS) is 11.8. The van der Waals surface area contributed by atoms with Gasteiger partial charge in [-0.1, -0.05) is 26.0 Å². The van der Waals surface area contributed by atoms with Crippen molar-refractivity contribution in [2.75, 3.05) is 13.1 Å². The molecule has 0 saturated heterocycles. The highest BCUT2D eigenvalue weighted by Crippen LogP contribution is 2.17. The maximum absolute atomic E-state index is 12.4. The van der Waals surface area contributed by atoms with E-state index in [1.807, 2.05) is 13.8 Å². The Bertz CT molecular complexity index is 822. The fourth-order valence-electron chi connectivity index (χ4n) is 2.40. The highest BCUT2D eigenvalue weighted by molar-refractivity contribution is 7.89. The maximum atomic E-state index is 12.4. The summed E-state index contributed by atoms with van der Waals surface area (Å²) in [7, 11) is -3.45. The second-order valence-corrected chi connectivity index (χ2v) is 7.21. The first-order valence-electron chi connectivity index (χ1n) is 7.52. The Labute approximate surface area is 136 Å². The molecule has 1 heterocycles. The summed E-state index contributed by atoms with van der Waals surface area (Å²) < 4.78 is 26.3. The number of sulfonamides is 1. The van der Waals surface area contributed by atoms with Gasteiger partial charge >= 0.3 is 0 Å². The van der Waals surface area contributed by atoms with E-state index in [9.17, 15) is 13.2 Å². The molecular formula is C16H21N3O3S. The number of H-pyrrole nitrogens is 1. The van der Waals surface area contributed by atoms with Crippen molar-refractivity contribution in [2.24, 2.45) is 0 Å². The van der Waals surface area contributed by atoms with Gasteiger partial charge in [0.1, 0.15) is 0 Å². The SMILES string of the molecule is CCN(CC)S(=O)(=O)c1ccc(Cc2cc(C)n[nH]c2=O)cc1. The van der Waals surface area contributed by atoms with Crippen LogP contribution in [0.5, 0.6) is 0 Å². The number of nitrogens with one attached hydrogen (secondary N) is 1. The Hall–Kier alpha value is -1.99. The number of aromatic nitrogens is 2. The molecule has 0 saturated carbocycles. The van der Waals surface area contributed by atoms with Gasteiger partial charge in [0, 0.05) is 25.1 Å². The molecule has 0 aliphatic carbocycles. The summed E-state index contributed by atoms with van der Waals surface area (Å²) in [5.74, 6) is 0. The van der Waals surface area contributed by atoms with Gasteiger partial charge in [0.25, 0.3) is 5.56 Å². The molecule has 6 nitrogen and oxygen atoms in total. The van der Waals surface area contributed by atoms with Crippen LogP contribution in [0.15, 0.2) is 40.0 Å². The third kappa shape index (κ3) is 3.86. The Morgan fingerprint density at radius 2 is 1.74 bits per heavy atom. The first-order valence-corrected chi connectivity index (χ1v) is 8.96. The van der Waals surface area contributed by atoms with E-state index in [-0.39, 0.29) is 10.5 Å². The summed E-state index contributed by atoms with van der Waals surface area (Å²) in [6, 6.07) is 8.40. The van der Waals surface area contributed by atoms with Gasteiger partial charge in [-0.2, -0.15) is 9.40 Å². The van der Waals surface area contributed by atoms with E-state index in [1.54, 1.807) is 37.3 Å². The number of nitrogens with zero attached hydrogens (tertiary/aromatic N) is 2. The summed E-state index contributed by atoms with van der Waals surface area (Å²) in [6.45, 7) is 6.30. The van der Waals surface area contributed by atoms with Crippen LogP contribution in [0.1, 0.15) is 30.7 Å². The van der Waals surface area contributed by atoms with Gasteiger partial charge < -0.3 is 0 Å². The topological polar surface area (TPSA) is 83.1 Å². The van der Waals surface area contributed by atoms with E-state index in [1.165, 1.54) is 4.31 Å². The fraction of sp³-hybridized carbons (Fsp3) is 0.375. The molecule has 0 atom stereocenters. The molecule has 0 fully saturated rings. The molecule has 124 valence electrons. The second kappa shape index (κ2) is 7.06.